The van der Waals surface area contributed by atoms with Crippen LogP contribution in [0.25, 0.3) is 17.4 Å². The molecule has 1 N–H and O–H groups in total. The van der Waals surface area contributed by atoms with E-state index >= 15 is 0 Å². The number of ether oxygens (including phenoxy) is 1. The minimum Gasteiger partial charge on any atom is -0.494 e. The average Bonchev–Trinajstić information content (AvgIpc) is 3.32. The summed E-state index contributed by atoms with van der Waals surface area (Å²) in [5.74, 6) is 1.64. The van der Waals surface area contributed by atoms with Crippen molar-refractivity contribution in [2.75, 3.05) is 6.61 Å². The molecule has 2 heterocycles. The topological polar surface area (TPSA) is 63.8 Å². The van der Waals surface area contributed by atoms with Crippen molar-refractivity contribution < 1.29 is 13.9 Å². The maximum Gasteiger partial charge on any atom is 0.264 e. The SMILES string of the molecule is CCOc1ccc(N=C2NC(=O)C(=Cc3ccc(-c4cc(Cl)ccc4Cl)o3)S2)cc1. The van der Waals surface area contributed by atoms with Gasteiger partial charge in [0.05, 0.1) is 22.2 Å². The smallest absolute Gasteiger partial charge is 0.264 e. The Morgan fingerprint density at radius 1 is 1.13 bits per heavy atom. The molecule has 8 heteroatoms. The number of benzene rings is 2. The van der Waals surface area contributed by atoms with Gasteiger partial charge in [0.15, 0.2) is 5.17 Å². The van der Waals surface area contributed by atoms with E-state index in [1.807, 2.05) is 31.2 Å². The van der Waals surface area contributed by atoms with Crippen LogP contribution >= 0.6 is 35.0 Å². The number of nitrogens with zero attached hydrogens (tertiary/aromatic N) is 1. The Morgan fingerprint density at radius 3 is 2.70 bits per heavy atom. The Hall–Kier alpha value is -2.67. The highest BCUT2D eigenvalue weighted by atomic mass is 35.5. The van der Waals surface area contributed by atoms with Crippen LogP contribution in [0, 0.1) is 0 Å². The maximum absolute atomic E-state index is 12.3. The Balaban J connectivity index is 1.52. The standard InChI is InChI=1S/C22H16Cl2N2O3S/c1-2-28-15-6-4-14(5-7-15)25-22-26-21(27)20(30-22)12-16-8-10-19(29-16)17-11-13(23)3-9-18(17)24/h3-12H,2H2,1H3,(H,25,26,27). The molecule has 1 saturated heterocycles. The molecule has 1 fully saturated rings. The average molecular weight is 459 g/mol. The number of aliphatic imine (C=N–C) groups is 1. The third-order valence-corrected chi connectivity index (χ3v) is 5.60. The monoisotopic (exact) mass is 458 g/mol. The molecule has 5 nitrogen and oxygen atoms in total. The lowest BCUT2D eigenvalue weighted by Gasteiger charge is -2.02. The van der Waals surface area contributed by atoms with Gasteiger partial charge in [-0.2, -0.15) is 0 Å². The van der Waals surface area contributed by atoms with Crippen LogP contribution in [0.2, 0.25) is 10.0 Å². The summed E-state index contributed by atoms with van der Waals surface area (Å²) in [7, 11) is 0. The van der Waals surface area contributed by atoms with Crippen LogP contribution in [-0.2, 0) is 4.79 Å². The lowest BCUT2D eigenvalue weighted by molar-refractivity contribution is -0.115. The number of halogens is 2. The van der Waals surface area contributed by atoms with E-state index in [9.17, 15) is 4.79 Å². The van der Waals surface area contributed by atoms with Crippen molar-refractivity contribution in [3.8, 4) is 17.1 Å². The number of amidine groups is 1. The summed E-state index contributed by atoms with van der Waals surface area (Å²) in [6.45, 7) is 2.53. The predicted octanol–water partition coefficient (Wildman–Crippen LogP) is 6.54. The molecule has 0 radical (unpaired) electrons. The van der Waals surface area contributed by atoms with Gasteiger partial charge in [-0.3, -0.25) is 4.79 Å². The van der Waals surface area contributed by atoms with E-state index < -0.39 is 0 Å². The van der Waals surface area contributed by atoms with Gasteiger partial charge in [0.2, 0.25) is 0 Å². The minimum absolute atomic E-state index is 0.233. The van der Waals surface area contributed by atoms with Crippen LogP contribution in [0.3, 0.4) is 0 Å². The Bertz CT molecular complexity index is 1150. The zero-order valence-corrected chi connectivity index (χ0v) is 18.1. The van der Waals surface area contributed by atoms with Gasteiger partial charge in [0.25, 0.3) is 5.91 Å². The van der Waals surface area contributed by atoms with E-state index in [0.29, 0.717) is 43.8 Å². The molecule has 1 aliphatic heterocycles. The number of thioether (sulfide) groups is 1. The fourth-order valence-corrected chi connectivity index (χ4v) is 3.98. The summed E-state index contributed by atoms with van der Waals surface area (Å²) in [4.78, 5) is 17.3. The summed E-state index contributed by atoms with van der Waals surface area (Å²) >= 11 is 13.5. The van der Waals surface area contributed by atoms with Gasteiger partial charge in [-0.25, -0.2) is 4.99 Å². The molecule has 0 spiro atoms. The molecular weight excluding hydrogens is 443 g/mol. The van der Waals surface area contributed by atoms with Crippen molar-refractivity contribution >= 4 is 57.8 Å². The molecule has 30 heavy (non-hydrogen) atoms. The van der Waals surface area contributed by atoms with Crippen molar-refractivity contribution in [2.45, 2.75) is 6.92 Å². The van der Waals surface area contributed by atoms with Crippen LogP contribution in [-0.4, -0.2) is 17.7 Å². The molecule has 1 aliphatic rings. The number of nitrogens with one attached hydrogen (secondary N) is 1. The van der Waals surface area contributed by atoms with E-state index in [-0.39, 0.29) is 5.91 Å². The number of amides is 1. The van der Waals surface area contributed by atoms with E-state index in [2.05, 4.69) is 10.3 Å². The zero-order valence-electron chi connectivity index (χ0n) is 15.8. The van der Waals surface area contributed by atoms with E-state index in [1.165, 1.54) is 11.8 Å². The van der Waals surface area contributed by atoms with Crippen LogP contribution in [0.15, 0.2) is 68.9 Å². The third-order valence-electron chi connectivity index (χ3n) is 4.12. The van der Waals surface area contributed by atoms with Crippen molar-refractivity contribution in [3.05, 3.63) is 75.3 Å². The number of carbonyl (C=O) groups excluding carboxylic acids is 1. The first kappa shape index (κ1) is 20.6. The summed E-state index contributed by atoms with van der Waals surface area (Å²) < 4.78 is 11.3. The summed E-state index contributed by atoms with van der Waals surface area (Å²) in [6, 6.07) is 16.1. The quantitative estimate of drug-likeness (QED) is 0.440. The molecule has 1 aromatic heterocycles. The molecule has 0 atom stereocenters. The van der Waals surface area contributed by atoms with Gasteiger partial charge in [-0.05, 0) is 73.3 Å². The van der Waals surface area contributed by atoms with Gasteiger partial charge < -0.3 is 14.5 Å². The number of hydrogen-bond donors (Lipinski definition) is 1. The molecule has 152 valence electrons. The molecule has 0 saturated carbocycles. The first-order valence-corrected chi connectivity index (χ1v) is 10.7. The van der Waals surface area contributed by atoms with Crippen molar-refractivity contribution in [2.24, 2.45) is 4.99 Å². The van der Waals surface area contributed by atoms with E-state index in [0.717, 1.165) is 11.4 Å². The highest BCUT2D eigenvalue weighted by Gasteiger charge is 2.24. The second-order valence-electron chi connectivity index (χ2n) is 6.23. The van der Waals surface area contributed by atoms with Crippen LogP contribution < -0.4 is 10.1 Å². The number of carbonyl (C=O) groups is 1. The summed E-state index contributed by atoms with van der Waals surface area (Å²) in [6.07, 6.45) is 1.67. The maximum atomic E-state index is 12.3. The molecule has 4 rings (SSSR count). The Morgan fingerprint density at radius 2 is 1.93 bits per heavy atom. The normalized spacial score (nSPS) is 16.3. The fourth-order valence-electron chi connectivity index (χ4n) is 2.77. The first-order valence-electron chi connectivity index (χ1n) is 9.09. The number of furan rings is 1. The molecule has 0 bridgehead atoms. The molecular formula is C22H16Cl2N2O3S. The Labute approximate surface area is 187 Å². The Kier molecular flexibility index (Phi) is 6.18. The summed E-state index contributed by atoms with van der Waals surface area (Å²) in [5.41, 5.74) is 1.41. The number of hydrogen-bond acceptors (Lipinski definition) is 5. The van der Waals surface area contributed by atoms with Crippen molar-refractivity contribution in [3.63, 3.8) is 0 Å². The van der Waals surface area contributed by atoms with Crippen LogP contribution in [0.4, 0.5) is 5.69 Å². The molecule has 0 unspecified atom stereocenters. The largest absolute Gasteiger partial charge is 0.494 e. The lowest BCUT2D eigenvalue weighted by Crippen LogP contribution is -2.19. The van der Waals surface area contributed by atoms with E-state index in [4.69, 9.17) is 32.4 Å². The zero-order chi connectivity index (χ0) is 21.1. The molecule has 3 aromatic rings. The van der Waals surface area contributed by atoms with Crippen LogP contribution in [0.1, 0.15) is 12.7 Å². The summed E-state index contributed by atoms with van der Waals surface area (Å²) in [5, 5.41) is 4.36. The van der Waals surface area contributed by atoms with Gasteiger partial charge in [0.1, 0.15) is 17.3 Å². The molecule has 2 aromatic carbocycles. The van der Waals surface area contributed by atoms with Crippen LogP contribution in [0.5, 0.6) is 5.75 Å². The van der Waals surface area contributed by atoms with E-state index in [1.54, 1.807) is 36.4 Å². The predicted molar refractivity (Wildman–Crippen MR) is 123 cm³/mol. The van der Waals surface area contributed by atoms with Gasteiger partial charge >= 0.3 is 0 Å². The highest BCUT2D eigenvalue weighted by molar-refractivity contribution is 8.18. The molecule has 0 aliphatic carbocycles. The second-order valence-corrected chi connectivity index (χ2v) is 8.11. The highest BCUT2D eigenvalue weighted by Crippen LogP contribution is 2.34. The van der Waals surface area contributed by atoms with Gasteiger partial charge in [-0.15, -0.1) is 0 Å². The second kappa shape index (κ2) is 9.00. The molecule has 1 amide bonds. The van der Waals surface area contributed by atoms with Gasteiger partial charge in [0, 0.05) is 16.7 Å². The first-order chi connectivity index (χ1) is 14.5. The van der Waals surface area contributed by atoms with Crippen molar-refractivity contribution in [1.29, 1.82) is 0 Å². The minimum atomic E-state index is -0.233. The van der Waals surface area contributed by atoms with Gasteiger partial charge in [-0.1, -0.05) is 23.2 Å². The lowest BCUT2D eigenvalue weighted by atomic mass is 10.2. The third kappa shape index (κ3) is 4.73. The van der Waals surface area contributed by atoms with Crippen molar-refractivity contribution in [1.82, 2.24) is 5.32 Å². The fraction of sp³-hybridized carbons (Fsp3) is 0.0909. The number of rotatable bonds is 5.